The highest BCUT2D eigenvalue weighted by Gasteiger charge is 2.18. The zero-order valence-electron chi connectivity index (χ0n) is 13.2. The van der Waals surface area contributed by atoms with E-state index in [1.54, 1.807) is 11.8 Å². The standard InChI is InChI=1S/C15H21F4N3S/c1-3-20-15(21-6-4-5-7-23-2)22-9-10-13(18)11(16)8-12(17)14(10)19/h8H,3-7,9H2,1-2H3,(H2,20,21,22). The lowest BCUT2D eigenvalue weighted by Crippen LogP contribution is -2.37. The van der Waals surface area contributed by atoms with Crippen LogP contribution in [-0.2, 0) is 6.54 Å². The van der Waals surface area contributed by atoms with Gasteiger partial charge in [-0.3, -0.25) is 0 Å². The van der Waals surface area contributed by atoms with Crippen molar-refractivity contribution in [1.82, 2.24) is 10.6 Å². The number of aliphatic imine (C=N–C) groups is 1. The number of thioether (sulfide) groups is 1. The SMILES string of the molecule is CCNC(=NCc1c(F)c(F)cc(F)c1F)NCCCCSC. The Morgan fingerprint density at radius 3 is 2.30 bits per heavy atom. The minimum Gasteiger partial charge on any atom is -0.357 e. The van der Waals surface area contributed by atoms with Gasteiger partial charge in [0.25, 0.3) is 0 Å². The van der Waals surface area contributed by atoms with Gasteiger partial charge in [0.05, 0.1) is 12.1 Å². The smallest absolute Gasteiger partial charge is 0.191 e. The Morgan fingerprint density at radius 2 is 1.74 bits per heavy atom. The van der Waals surface area contributed by atoms with E-state index in [0.717, 1.165) is 18.6 Å². The summed E-state index contributed by atoms with van der Waals surface area (Å²) in [4.78, 5) is 3.98. The molecule has 0 aliphatic heterocycles. The molecule has 2 N–H and O–H groups in total. The molecule has 0 aromatic heterocycles. The Bertz CT molecular complexity index is 512. The van der Waals surface area contributed by atoms with Crippen LogP contribution in [0.1, 0.15) is 25.3 Å². The summed E-state index contributed by atoms with van der Waals surface area (Å²) < 4.78 is 53.5. The van der Waals surface area contributed by atoms with Crippen molar-refractivity contribution in [3.8, 4) is 0 Å². The zero-order chi connectivity index (χ0) is 17.2. The number of benzene rings is 1. The topological polar surface area (TPSA) is 36.4 Å². The van der Waals surface area contributed by atoms with Gasteiger partial charge in [-0.15, -0.1) is 0 Å². The second kappa shape index (κ2) is 10.4. The molecule has 0 heterocycles. The molecule has 0 aliphatic carbocycles. The summed E-state index contributed by atoms with van der Waals surface area (Å²) in [6.07, 6.45) is 3.98. The number of guanidine groups is 1. The minimum atomic E-state index is -1.43. The Kier molecular flexibility index (Phi) is 8.83. The summed E-state index contributed by atoms with van der Waals surface area (Å²) in [5.41, 5.74) is -0.720. The molecule has 1 aromatic carbocycles. The van der Waals surface area contributed by atoms with Crippen molar-refractivity contribution in [3.05, 3.63) is 34.9 Å². The first-order valence-electron chi connectivity index (χ1n) is 7.34. The van der Waals surface area contributed by atoms with Crippen LogP contribution in [0, 0.1) is 23.3 Å². The third-order valence-corrected chi connectivity index (χ3v) is 3.71. The van der Waals surface area contributed by atoms with Crippen molar-refractivity contribution in [3.63, 3.8) is 0 Å². The number of halogens is 4. The number of hydrogen-bond acceptors (Lipinski definition) is 2. The predicted octanol–water partition coefficient (Wildman–Crippen LogP) is 3.44. The van der Waals surface area contributed by atoms with E-state index in [0.29, 0.717) is 19.0 Å². The maximum atomic E-state index is 13.6. The largest absolute Gasteiger partial charge is 0.357 e. The van der Waals surface area contributed by atoms with Crippen LogP contribution in [0.2, 0.25) is 0 Å². The number of nitrogens with zero attached hydrogens (tertiary/aromatic N) is 1. The first-order valence-corrected chi connectivity index (χ1v) is 8.73. The van der Waals surface area contributed by atoms with Gasteiger partial charge in [-0.25, -0.2) is 22.6 Å². The summed E-state index contributed by atoms with van der Waals surface area (Å²) in [7, 11) is 0. The van der Waals surface area contributed by atoms with Crippen molar-refractivity contribution < 1.29 is 17.6 Å². The van der Waals surface area contributed by atoms with E-state index < -0.39 is 35.4 Å². The molecule has 0 spiro atoms. The summed E-state index contributed by atoms with van der Waals surface area (Å²) in [5.74, 6) is -4.28. The second-order valence-electron chi connectivity index (χ2n) is 4.77. The molecule has 130 valence electrons. The van der Waals surface area contributed by atoms with Gasteiger partial charge < -0.3 is 10.6 Å². The van der Waals surface area contributed by atoms with Crippen molar-refractivity contribution >= 4 is 17.7 Å². The van der Waals surface area contributed by atoms with Gasteiger partial charge in [0, 0.05) is 19.2 Å². The maximum absolute atomic E-state index is 13.6. The van der Waals surface area contributed by atoms with Crippen LogP contribution in [-0.4, -0.2) is 31.1 Å². The Labute approximate surface area is 137 Å². The summed E-state index contributed by atoms with van der Waals surface area (Å²) in [5, 5.41) is 5.93. The molecule has 0 saturated carbocycles. The first kappa shape index (κ1) is 19.6. The van der Waals surface area contributed by atoms with Gasteiger partial charge in [-0.05, 0) is 31.8 Å². The normalized spacial score (nSPS) is 11.7. The Morgan fingerprint density at radius 1 is 1.09 bits per heavy atom. The average Bonchev–Trinajstić information content (AvgIpc) is 2.52. The summed E-state index contributed by atoms with van der Waals surface area (Å²) in [6.45, 7) is 2.55. The molecule has 0 fully saturated rings. The molecule has 0 aliphatic rings. The fraction of sp³-hybridized carbons (Fsp3) is 0.533. The quantitative estimate of drug-likeness (QED) is 0.248. The van der Waals surface area contributed by atoms with Crippen molar-refractivity contribution in [2.45, 2.75) is 26.3 Å². The molecular weight excluding hydrogens is 330 g/mol. The van der Waals surface area contributed by atoms with Crippen LogP contribution < -0.4 is 10.6 Å². The van der Waals surface area contributed by atoms with Crippen LogP contribution in [0.3, 0.4) is 0 Å². The molecule has 1 aromatic rings. The van der Waals surface area contributed by atoms with E-state index >= 15 is 0 Å². The van der Waals surface area contributed by atoms with Crippen molar-refractivity contribution in [1.29, 1.82) is 0 Å². The highest BCUT2D eigenvalue weighted by atomic mass is 32.2. The van der Waals surface area contributed by atoms with E-state index in [4.69, 9.17) is 0 Å². The van der Waals surface area contributed by atoms with Gasteiger partial charge in [0.2, 0.25) is 0 Å². The first-order chi connectivity index (χ1) is 11.0. The maximum Gasteiger partial charge on any atom is 0.191 e. The highest BCUT2D eigenvalue weighted by molar-refractivity contribution is 7.98. The van der Waals surface area contributed by atoms with Crippen LogP contribution >= 0.6 is 11.8 Å². The summed E-state index contributed by atoms with van der Waals surface area (Å²) in [6, 6.07) is 0.188. The molecular formula is C15H21F4N3S. The van der Waals surface area contributed by atoms with Gasteiger partial charge in [0.1, 0.15) is 0 Å². The van der Waals surface area contributed by atoms with Crippen LogP contribution in [0.5, 0.6) is 0 Å². The number of unbranched alkanes of at least 4 members (excludes halogenated alkanes) is 1. The monoisotopic (exact) mass is 351 g/mol. The second-order valence-corrected chi connectivity index (χ2v) is 5.75. The van der Waals surface area contributed by atoms with Crippen LogP contribution in [0.25, 0.3) is 0 Å². The Hall–Kier alpha value is -1.44. The molecule has 1 rings (SSSR count). The lowest BCUT2D eigenvalue weighted by Gasteiger charge is -2.11. The van der Waals surface area contributed by atoms with E-state index in [1.165, 1.54) is 0 Å². The lowest BCUT2D eigenvalue weighted by molar-refractivity contribution is 0.439. The number of hydrogen-bond donors (Lipinski definition) is 2. The Balaban J connectivity index is 2.74. The summed E-state index contributed by atoms with van der Waals surface area (Å²) >= 11 is 1.76. The molecule has 0 unspecified atom stereocenters. The van der Waals surface area contributed by atoms with Gasteiger partial charge >= 0.3 is 0 Å². The van der Waals surface area contributed by atoms with Crippen molar-refractivity contribution in [2.24, 2.45) is 4.99 Å². The van der Waals surface area contributed by atoms with E-state index in [1.807, 2.05) is 13.2 Å². The van der Waals surface area contributed by atoms with Crippen LogP contribution in [0.4, 0.5) is 17.6 Å². The molecule has 0 amide bonds. The van der Waals surface area contributed by atoms with Gasteiger partial charge in [-0.1, -0.05) is 0 Å². The number of nitrogens with one attached hydrogen (secondary N) is 2. The molecule has 23 heavy (non-hydrogen) atoms. The van der Waals surface area contributed by atoms with E-state index in [2.05, 4.69) is 15.6 Å². The molecule has 8 heteroatoms. The van der Waals surface area contributed by atoms with Crippen LogP contribution in [0.15, 0.2) is 11.1 Å². The molecule has 3 nitrogen and oxygen atoms in total. The number of rotatable bonds is 8. The third-order valence-electron chi connectivity index (χ3n) is 3.01. The lowest BCUT2D eigenvalue weighted by atomic mass is 10.2. The molecule has 0 saturated heterocycles. The molecule has 0 bridgehead atoms. The molecule has 0 radical (unpaired) electrons. The zero-order valence-corrected chi connectivity index (χ0v) is 14.0. The van der Waals surface area contributed by atoms with E-state index in [9.17, 15) is 17.6 Å². The predicted molar refractivity (Wildman–Crippen MR) is 86.7 cm³/mol. The minimum absolute atomic E-state index is 0.188. The van der Waals surface area contributed by atoms with E-state index in [-0.39, 0.29) is 6.07 Å². The fourth-order valence-corrected chi connectivity index (χ4v) is 2.33. The highest BCUT2D eigenvalue weighted by Crippen LogP contribution is 2.19. The molecule has 0 atom stereocenters. The average molecular weight is 351 g/mol. The van der Waals surface area contributed by atoms with Gasteiger partial charge in [0.15, 0.2) is 29.2 Å². The van der Waals surface area contributed by atoms with Gasteiger partial charge in [-0.2, -0.15) is 11.8 Å². The fourth-order valence-electron chi connectivity index (χ4n) is 1.84. The third kappa shape index (κ3) is 6.29. The van der Waals surface area contributed by atoms with Crippen molar-refractivity contribution in [2.75, 3.05) is 25.1 Å².